The summed E-state index contributed by atoms with van der Waals surface area (Å²) >= 11 is 0. The summed E-state index contributed by atoms with van der Waals surface area (Å²) in [5.74, 6) is 1.54. The highest BCUT2D eigenvalue weighted by atomic mass is 16.5. The number of rotatable bonds is 6. The van der Waals surface area contributed by atoms with E-state index >= 15 is 0 Å². The van der Waals surface area contributed by atoms with Gasteiger partial charge in [-0.15, -0.1) is 5.10 Å². The normalized spacial score (nSPS) is 19.3. The predicted octanol–water partition coefficient (Wildman–Crippen LogP) is 1.77. The molecule has 154 valence electrons. The molecule has 1 saturated carbocycles. The van der Waals surface area contributed by atoms with Gasteiger partial charge >= 0.3 is 0 Å². The maximum Gasteiger partial charge on any atom is 0.227 e. The molecule has 2 heterocycles. The topological polar surface area (TPSA) is 136 Å². The number of para-hydroxylation sites is 1. The zero-order valence-corrected chi connectivity index (χ0v) is 16.6. The highest BCUT2D eigenvalue weighted by molar-refractivity contribution is 5.83. The van der Waals surface area contributed by atoms with E-state index in [1.54, 1.807) is 17.8 Å². The standard InChI is InChI=1S/C19H26N8O2/c1-27-18-15(25-26-27)17(21-10-11-6-5-9-14(29-2)16(11)28)23-19(24-18)22-13-8-4-3-7-12(13)20/h5-6,9,12-13,28H,3-4,7-8,10,20H2,1-2H3,(H2,21,22,23,24). The van der Waals surface area contributed by atoms with Gasteiger partial charge in [-0.3, -0.25) is 0 Å². The second-order valence-electron chi connectivity index (χ2n) is 7.30. The Morgan fingerprint density at radius 3 is 2.90 bits per heavy atom. The van der Waals surface area contributed by atoms with Gasteiger partial charge in [-0.1, -0.05) is 30.2 Å². The van der Waals surface area contributed by atoms with Gasteiger partial charge in [0.1, 0.15) is 0 Å². The Morgan fingerprint density at radius 2 is 2.10 bits per heavy atom. The number of nitrogens with one attached hydrogen (secondary N) is 2. The highest BCUT2D eigenvalue weighted by Gasteiger charge is 2.23. The van der Waals surface area contributed by atoms with Gasteiger partial charge in [0.05, 0.1) is 7.11 Å². The molecule has 2 unspecified atom stereocenters. The first kappa shape index (κ1) is 19.2. The highest BCUT2D eigenvalue weighted by Crippen LogP contribution is 2.30. The van der Waals surface area contributed by atoms with Crippen molar-refractivity contribution in [2.24, 2.45) is 12.8 Å². The van der Waals surface area contributed by atoms with Crippen molar-refractivity contribution >= 4 is 22.9 Å². The number of nitrogens with zero attached hydrogens (tertiary/aromatic N) is 5. The summed E-state index contributed by atoms with van der Waals surface area (Å²) in [6.07, 6.45) is 4.28. The molecular formula is C19H26N8O2. The molecule has 5 N–H and O–H groups in total. The molecular weight excluding hydrogens is 372 g/mol. The molecule has 3 aromatic rings. The number of nitrogens with two attached hydrogens (primary N) is 1. The lowest BCUT2D eigenvalue weighted by Gasteiger charge is -2.29. The Kier molecular flexibility index (Phi) is 5.34. The number of fused-ring (bicyclic) bond motifs is 1. The summed E-state index contributed by atoms with van der Waals surface area (Å²) in [5.41, 5.74) is 8.13. The largest absolute Gasteiger partial charge is 0.504 e. The van der Waals surface area contributed by atoms with E-state index in [9.17, 15) is 5.11 Å². The minimum Gasteiger partial charge on any atom is -0.504 e. The van der Waals surface area contributed by atoms with Crippen LogP contribution in [0.4, 0.5) is 11.8 Å². The number of hydrogen-bond donors (Lipinski definition) is 4. The zero-order chi connectivity index (χ0) is 20.4. The number of aryl methyl sites for hydroxylation is 1. The van der Waals surface area contributed by atoms with Gasteiger partial charge in [0.25, 0.3) is 0 Å². The van der Waals surface area contributed by atoms with Gasteiger partial charge in [0.15, 0.2) is 28.5 Å². The van der Waals surface area contributed by atoms with Gasteiger partial charge < -0.3 is 26.2 Å². The number of ether oxygens (including phenoxy) is 1. The van der Waals surface area contributed by atoms with Gasteiger partial charge in [-0.25, -0.2) is 4.68 Å². The number of phenolic OH excluding ortho intramolecular Hbond substituents is 1. The van der Waals surface area contributed by atoms with E-state index in [0.29, 0.717) is 40.8 Å². The fourth-order valence-corrected chi connectivity index (χ4v) is 3.66. The summed E-state index contributed by atoms with van der Waals surface area (Å²) in [6, 6.07) is 5.57. The van der Waals surface area contributed by atoms with Crippen LogP contribution in [0.2, 0.25) is 0 Å². The second-order valence-corrected chi connectivity index (χ2v) is 7.30. The molecule has 10 nitrogen and oxygen atoms in total. The lowest BCUT2D eigenvalue weighted by Crippen LogP contribution is -2.43. The molecule has 10 heteroatoms. The Hall–Kier alpha value is -3.14. The molecule has 29 heavy (non-hydrogen) atoms. The Labute approximate surface area is 168 Å². The smallest absolute Gasteiger partial charge is 0.227 e. The molecule has 1 aliphatic rings. The first-order valence-corrected chi connectivity index (χ1v) is 9.75. The molecule has 4 rings (SSSR count). The Balaban J connectivity index is 1.61. The number of phenols is 1. The molecule has 1 aliphatic carbocycles. The molecule has 2 atom stereocenters. The number of aromatic nitrogens is 5. The lowest BCUT2D eigenvalue weighted by atomic mass is 9.91. The number of aromatic hydroxyl groups is 1. The van der Waals surface area contributed by atoms with Crippen LogP contribution < -0.4 is 21.1 Å². The third-order valence-corrected chi connectivity index (χ3v) is 5.33. The maximum atomic E-state index is 10.3. The van der Waals surface area contributed by atoms with Crippen LogP contribution in [0.15, 0.2) is 18.2 Å². The maximum absolute atomic E-state index is 10.3. The van der Waals surface area contributed by atoms with E-state index in [0.717, 1.165) is 25.7 Å². The Bertz CT molecular complexity index is 1010. The van der Waals surface area contributed by atoms with Crippen LogP contribution in [0.1, 0.15) is 31.2 Å². The molecule has 0 bridgehead atoms. The van der Waals surface area contributed by atoms with Crippen molar-refractivity contribution in [1.29, 1.82) is 0 Å². The summed E-state index contributed by atoms with van der Waals surface area (Å²) < 4.78 is 6.78. The van der Waals surface area contributed by atoms with Crippen molar-refractivity contribution in [3.05, 3.63) is 23.8 Å². The van der Waals surface area contributed by atoms with Crippen molar-refractivity contribution in [3.63, 3.8) is 0 Å². The molecule has 0 spiro atoms. The first-order valence-electron chi connectivity index (χ1n) is 9.75. The Morgan fingerprint density at radius 1 is 1.28 bits per heavy atom. The van der Waals surface area contributed by atoms with Crippen molar-refractivity contribution < 1.29 is 9.84 Å². The number of methoxy groups -OCH3 is 1. The summed E-state index contributed by atoms with van der Waals surface area (Å²) in [6.45, 7) is 0.341. The van der Waals surface area contributed by atoms with Gasteiger partial charge in [-0.2, -0.15) is 9.97 Å². The van der Waals surface area contributed by atoms with E-state index in [1.165, 1.54) is 7.11 Å². The van der Waals surface area contributed by atoms with Gasteiger partial charge in [-0.05, 0) is 18.9 Å². The average molecular weight is 398 g/mol. The fourth-order valence-electron chi connectivity index (χ4n) is 3.66. The van der Waals surface area contributed by atoms with E-state index in [2.05, 4.69) is 30.9 Å². The summed E-state index contributed by atoms with van der Waals surface area (Å²) in [7, 11) is 3.31. The molecule has 0 radical (unpaired) electrons. The fraction of sp³-hybridized carbons (Fsp3) is 0.474. The number of hydrogen-bond acceptors (Lipinski definition) is 9. The molecule has 1 aromatic carbocycles. The van der Waals surface area contributed by atoms with E-state index in [-0.39, 0.29) is 17.8 Å². The average Bonchev–Trinajstić information content (AvgIpc) is 3.10. The first-order chi connectivity index (χ1) is 14.1. The summed E-state index contributed by atoms with van der Waals surface area (Å²) in [4.78, 5) is 9.19. The van der Waals surface area contributed by atoms with E-state index < -0.39 is 0 Å². The van der Waals surface area contributed by atoms with Crippen LogP contribution >= 0.6 is 0 Å². The van der Waals surface area contributed by atoms with Gasteiger partial charge in [0, 0.05) is 31.2 Å². The van der Waals surface area contributed by atoms with Crippen LogP contribution in [-0.4, -0.2) is 49.3 Å². The van der Waals surface area contributed by atoms with Crippen LogP contribution in [0.5, 0.6) is 11.5 Å². The molecule has 2 aromatic heterocycles. The van der Waals surface area contributed by atoms with Crippen molar-refractivity contribution in [1.82, 2.24) is 25.0 Å². The molecule has 0 saturated heterocycles. The van der Waals surface area contributed by atoms with Crippen molar-refractivity contribution in [2.75, 3.05) is 17.7 Å². The van der Waals surface area contributed by atoms with Crippen LogP contribution in [0.3, 0.4) is 0 Å². The van der Waals surface area contributed by atoms with Crippen LogP contribution in [0, 0.1) is 0 Å². The molecule has 0 aliphatic heterocycles. The van der Waals surface area contributed by atoms with Gasteiger partial charge in [0.2, 0.25) is 5.95 Å². The lowest BCUT2D eigenvalue weighted by molar-refractivity contribution is 0.371. The predicted molar refractivity (Wildman–Crippen MR) is 110 cm³/mol. The SMILES string of the molecule is COc1cccc(CNc2nc(NC3CCCCC3N)nc3c2nnn3C)c1O. The number of benzene rings is 1. The second kappa shape index (κ2) is 8.08. The van der Waals surface area contributed by atoms with Crippen molar-refractivity contribution in [2.45, 2.75) is 44.3 Å². The molecule has 0 amide bonds. The van der Waals surface area contributed by atoms with Crippen molar-refractivity contribution in [3.8, 4) is 11.5 Å². The van der Waals surface area contributed by atoms with E-state index in [4.69, 9.17) is 10.5 Å². The number of anilines is 2. The minimum absolute atomic E-state index is 0.0813. The summed E-state index contributed by atoms with van der Waals surface area (Å²) in [5, 5.41) is 25.2. The third-order valence-electron chi connectivity index (χ3n) is 5.33. The third kappa shape index (κ3) is 3.88. The zero-order valence-electron chi connectivity index (χ0n) is 16.6. The van der Waals surface area contributed by atoms with E-state index in [1.807, 2.05) is 12.1 Å². The monoisotopic (exact) mass is 398 g/mol. The van der Waals surface area contributed by atoms with Crippen LogP contribution in [0.25, 0.3) is 11.2 Å². The molecule has 1 fully saturated rings. The quantitative estimate of drug-likeness (QED) is 0.489. The van der Waals surface area contributed by atoms with Crippen LogP contribution in [-0.2, 0) is 13.6 Å². The minimum atomic E-state index is 0.0813.